The normalized spacial score (nSPS) is 11.1. The van der Waals surface area contributed by atoms with Gasteiger partial charge in [-0.2, -0.15) is 0 Å². The van der Waals surface area contributed by atoms with E-state index >= 15 is 0 Å². The van der Waals surface area contributed by atoms with Gasteiger partial charge in [0.1, 0.15) is 11.3 Å². The first-order chi connectivity index (χ1) is 15.7. The summed E-state index contributed by atoms with van der Waals surface area (Å²) < 4.78 is 1.23. The Kier molecular flexibility index (Phi) is 5.17. The molecule has 158 valence electrons. The maximum atomic E-state index is 12.4. The zero-order chi connectivity index (χ0) is 21.9. The summed E-state index contributed by atoms with van der Waals surface area (Å²) in [5.41, 5.74) is 4.17. The first-order valence-corrected chi connectivity index (χ1v) is 10.3. The molecule has 32 heavy (non-hydrogen) atoms. The zero-order valence-electron chi connectivity index (χ0n) is 17.2. The highest BCUT2D eigenvalue weighted by molar-refractivity contribution is 5.79. The molecule has 0 unspecified atom stereocenters. The monoisotopic (exact) mass is 424 g/mol. The van der Waals surface area contributed by atoms with Crippen LogP contribution in [0.3, 0.4) is 0 Å². The van der Waals surface area contributed by atoms with Crippen molar-refractivity contribution in [1.82, 2.24) is 30.3 Å². The number of nitrogens with zero attached hydrogens (tertiary/aromatic N) is 4. The van der Waals surface area contributed by atoms with Crippen LogP contribution in [0.4, 0.5) is 0 Å². The molecule has 5 rings (SSSR count). The van der Waals surface area contributed by atoms with Gasteiger partial charge in [0.2, 0.25) is 5.91 Å². The van der Waals surface area contributed by atoms with Gasteiger partial charge in [0, 0.05) is 18.5 Å². The van der Waals surface area contributed by atoms with Crippen molar-refractivity contribution in [2.75, 3.05) is 0 Å². The maximum absolute atomic E-state index is 12.4. The number of aryl methyl sites for hydroxylation is 1. The van der Waals surface area contributed by atoms with Crippen LogP contribution in [0.1, 0.15) is 12.0 Å². The number of carbonyl (C=O) groups excluding carboxylic acids is 1. The summed E-state index contributed by atoms with van der Waals surface area (Å²) in [4.78, 5) is 32.6. The number of imidazole rings is 1. The average molecular weight is 424 g/mol. The van der Waals surface area contributed by atoms with Crippen molar-refractivity contribution in [3.05, 3.63) is 88.7 Å². The molecule has 2 N–H and O–H groups in total. The summed E-state index contributed by atoms with van der Waals surface area (Å²) in [5.74, 6) is 0.650. The fourth-order valence-corrected chi connectivity index (χ4v) is 3.54. The number of fused-ring (bicyclic) bond motifs is 2. The van der Waals surface area contributed by atoms with Gasteiger partial charge in [-0.3, -0.25) is 9.59 Å². The number of rotatable bonds is 6. The number of benzene rings is 3. The molecule has 5 aromatic rings. The highest BCUT2D eigenvalue weighted by atomic mass is 16.2. The van der Waals surface area contributed by atoms with Crippen LogP contribution in [0.5, 0.6) is 0 Å². The SMILES string of the molecule is O=C(CCn1nnc2ccccc2c1=O)NCc1ccc(-c2nc3ccccc3[nH]2)cc1. The van der Waals surface area contributed by atoms with Crippen molar-refractivity contribution >= 4 is 27.8 Å². The van der Waals surface area contributed by atoms with Crippen molar-refractivity contribution in [3.8, 4) is 11.4 Å². The molecule has 0 aliphatic carbocycles. The number of hydrogen-bond donors (Lipinski definition) is 2. The number of para-hydroxylation sites is 2. The average Bonchev–Trinajstić information content (AvgIpc) is 3.27. The zero-order valence-corrected chi connectivity index (χ0v) is 17.2. The van der Waals surface area contributed by atoms with Gasteiger partial charge in [-0.05, 0) is 29.8 Å². The summed E-state index contributed by atoms with van der Waals surface area (Å²) in [6, 6.07) is 22.8. The standard InChI is InChI=1S/C24H20N6O2/c31-22(13-14-30-24(32)18-5-1-2-6-19(18)28-29-30)25-15-16-9-11-17(12-10-16)23-26-20-7-3-4-8-21(20)27-23/h1-12H,13-15H2,(H,25,31)(H,26,27). The van der Waals surface area contributed by atoms with E-state index in [0.29, 0.717) is 17.4 Å². The Hall–Kier alpha value is -4.33. The predicted molar refractivity (Wildman–Crippen MR) is 122 cm³/mol. The highest BCUT2D eigenvalue weighted by Gasteiger charge is 2.08. The van der Waals surface area contributed by atoms with E-state index < -0.39 is 0 Å². The summed E-state index contributed by atoms with van der Waals surface area (Å²) in [6.07, 6.45) is 0.143. The highest BCUT2D eigenvalue weighted by Crippen LogP contribution is 2.20. The van der Waals surface area contributed by atoms with E-state index in [-0.39, 0.29) is 24.4 Å². The number of aromatic amines is 1. The fourth-order valence-electron chi connectivity index (χ4n) is 3.54. The smallest absolute Gasteiger partial charge is 0.277 e. The summed E-state index contributed by atoms with van der Waals surface area (Å²) in [5, 5.41) is 11.3. The Morgan fingerprint density at radius 2 is 1.69 bits per heavy atom. The Morgan fingerprint density at radius 1 is 0.938 bits per heavy atom. The van der Waals surface area contributed by atoms with Crippen molar-refractivity contribution < 1.29 is 4.79 Å². The van der Waals surface area contributed by atoms with E-state index in [2.05, 4.69) is 25.6 Å². The molecular formula is C24H20N6O2. The molecule has 0 aliphatic rings. The number of aromatic nitrogens is 5. The molecule has 0 radical (unpaired) electrons. The van der Waals surface area contributed by atoms with Crippen LogP contribution in [0.25, 0.3) is 33.3 Å². The number of H-pyrrole nitrogens is 1. The van der Waals surface area contributed by atoms with Crippen LogP contribution in [0.2, 0.25) is 0 Å². The lowest BCUT2D eigenvalue weighted by Gasteiger charge is -2.07. The van der Waals surface area contributed by atoms with E-state index in [4.69, 9.17) is 0 Å². The molecule has 0 bridgehead atoms. The maximum Gasteiger partial charge on any atom is 0.277 e. The quantitative estimate of drug-likeness (QED) is 0.436. The van der Waals surface area contributed by atoms with Gasteiger partial charge in [0.15, 0.2) is 0 Å². The molecule has 0 atom stereocenters. The van der Waals surface area contributed by atoms with Crippen LogP contribution >= 0.6 is 0 Å². The molecular weight excluding hydrogens is 404 g/mol. The number of carbonyl (C=O) groups is 1. The lowest BCUT2D eigenvalue weighted by Crippen LogP contribution is -2.29. The molecule has 0 aliphatic heterocycles. The first kappa shape index (κ1) is 19.6. The predicted octanol–water partition coefficient (Wildman–Crippen LogP) is 3.04. The van der Waals surface area contributed by atoms with Crippen LogP contribution in [0, 0.1) is 0 Å². The van der Waals surface area contributed by atoms with Crippen molar-refractivity contribution in [2.45, 2.75) is 19.5 Å². The van der Waals surface area contributed by atoms with Crippen LogP contribution in [-0.2, 0) is 17.9 Å². The van der Waals surface area contributed by atoms with E-state index in [9.17, 15) is 9.59 Å². The van der Waals surface area contributed by atoms with E-state index in [1.807, 2.05) is 48.5 Å². The van der Waals surface area contributed by atoms with Gasteiger partial charge < -0.3 is 10.3 Å². The second-order valence-corrected chi connectivity index (χ2v) is 7.46. The van der Waals surface area contributed by atoms with Crippen LogP contribution < -0.4 is 10.9 Å². The third-order valence-electron chi connectivity index (χ3n) is 5.29. The second-order valence-electron chi connectivity index (χ2n) is 7.46. The minimum Gasteiger partial charge on any atom is -0.352 e. The van der Waals surface area contributed by atoms with Gasteiger partial charge in [-0.15, -0.1) is 5.10 Å². The van der Waals surface area contributed by atoms with E-state index in [1.165, 1.54) is 4.68 Å². The number of nitrogens with one attached hydrogen (secondary N) is 2. The summed E-state index contributed by atoms with van der Waals surface area (Å²) >= 11 is 0. The van der Waals surface area contributed by atoms with Gasteiger partial charge in [-0.1, -0.05) is 53.7 Å². The third-order valence-corrected chi connectivity index (χ3v) is 5.29. The third kappa shape index (κ3) is 3.98. The summed E-state index contributed by atoms with van der Waals surface area (Å²) in [6.45, 7) is 0.574. The Bertz CT molecular complexity index is 1440. The molecule has 1 amide bonds. The van der Waals surface area contributed by atoms with Crippen molar-refractivity contribution in [2.24, 2.45) is 0 Å². The molecule has 0 saturated heterocycles. The molecule has 2 heterocycles. The minimum absolute atomic E-state index is 0.143. The molecule has 0 saturated carbocycles. The Balaban J connectivity index is 1.18. The lowest BCUT2D eigenvalue weighted by molar-refractivity contribution is -0.121. The Morgan fingerprint density at radius 3 is 2.50 bits per heavy atom. The number of hydrogen-bond acceptors (Lipinski definition) is 5. The van der Waals surface area contributed by atoms with Crippen LogP contribution in [0.15, 0.2) is 77.6 Å². The second kappa shape index (κ2) is 8.43. The largest absolute Gasteiger partial charge is 0.352 e. The lowest BCUT2D eigenvalue weighted by atomic mass is 10.1. The first-order valence-electron chi connectivity index (χ1n) is 10.3. The molecule has 3 aromatic carbocycles. The summed E-state index contributed by atoms with van der Waals surface area (Å²) in [7, 11) is 0. The number of amides is 1. The van der Waals surface area contributed by atoms with Gasteiger partial charge in [-0.25, -0.2) is 9.67 Å². The van der Waals surface area contributed by atoms with Crippen molar-refractivity contribution in [1.29, 1.82) is 0 Å². The molecule has 0 fully saturated rings. The van der Waals surface area contributed by atoms with Gasteiger partial charge >= 0.3 is 0 Å². The van der Waals surface area contributed by atoms with E-state index in [1.54, 1.807) is 24.3 Å². The fraction of sp³-hybridized carbons (Fsp3) is 0.125. The van der Waals surface area contributed by atoms with Crippen LogP contribution in [-0.4, -0.2) is 30.9 Å². The molecule has 0 spiro atoms. The Labute approximate surface area is 182 Å². The molecule has 8 heteroatoms. The van der Waals surface area contributed by atoms with Gasteiger partial charge in [0.25, 0.3) is 5.56 Å². The van der Waals surface area contributed by atoms with Crippen molar-refractivity contribution in [3.63, 3.8) is 0 Å². The minimum atomic E-state index is -0.246. The molecule has 2 aromatic heterocycles. The molecule has 8 nitrogen and oxygen atoms in total. The van der Waals surface area contributed by atoms with E-state index in [0.717, 1.165) is 28.0 Å². The topological polar surface area (TPSA) is 106 Å². The van der Waals surface area contributed by atoms with Gasteiger partial charge in [0.05, 0.1) is 23.0 Å².